The van der Waals surface area contributed by atoms with E-state index in [1.165, 1.54) is 5.69 Å². The van der Waals surface area contributed by atoms with Crippen LogP contribution in [0.1, 0.15) is 18.5 Å². The normalized spacial score (nSPS) is 18.7. The highest BCUT2D eigenvalue weighted by molar-refractivity contribution is 9.09. The summed E-state index contributed by atoms with van der Waals surface area (Å²) in [6.45, 7) is 4.00. The SMILES string of the molecule is CN(CCc1ccccn1)CC1(CBr)CCOCC1. The fourth-order valence-electron chi connectivity index (χ4n) is 2.64. The van der Waals surface area contributed by atoms with Crippen LogP contribution in [0.2, 0.25) is 0 Å². The minimum absolute atomic E-state index is 0.386. The van der Waals surface area contributed by atoms with Gasteiger partial charge in [0, 0.05) is 49.9 Å². The Hall–Kier alpha value is -0.450. The van der Waals surface area contributed by atoms with Crippen molar-refractivity contribution < 1.29 is 4.74 Å². The number of hydrogen-bond acceptors (Lipinski definition) is 3. The molecule has 106 valence electrons. The highest BCUT2D eigenvalue weighted by Gasteiger charge is 2.32. The van der Waals surface area contributed by atoms with Crippen molar-refractivity contribution in [3.63, 3.8) is 0 Å². The van der Waals surface area contributed by atoms with Crippen LogP contribution in [0.3, 0.4) is 0 Å². The number of hydrogen-bond donors (Lipinski definition) is 0. The number of ether oxygens (including phenoxy) is 1. The first-order valence-corrected chi connectivity index (χ1v) is 8.08. The maximum absolute atomic E-state index is 5.49. The summed E-state index contributed by atoms with van der Waals surface area (Å²) in [7, 11) is 2.21. The van der Waals surface area contributed by atoms with Gasteiger partial charge in [-0.25, -0.2) is 0 Å². The van der Waals surface area contributed by atoms with Crippen LogP contribution >= 0.6 is 15.9 Å². The maximum atomic E-state index is 5.49. The molecule has 0 unspecified atom stereocenters. The minimum atomic E-state index is 0.386. The predicted molar refractivity (Wildman–Crippen MR) is 81.7 cm³/mol. The van der Waals surface area contributed by atoms with Gasteiger partial charge in [0.15, 0.2) is 0 Å². The van der Waals surface area contributed by atoms with Crippen LogP contribution in [0.4, 0.5) is 0 Å². The number of aromatic nitrogens is 1. The van der Waals surface area contributed by atoms with E-state index in [1.54, 1.807) is 0 Å². The monoisotopic (exact) mass is 326 g/mol. The lowest BCUT2D eigenvalue weighted by Crippen LogP contribution is -2.41. The average Bonchev–Trinajstić information content (AvgIpc) is 2.47. The summed E-state index contributed by atoms with van der Waals surface area (Å²) in [5.74, 6) is 0. The molecule has 1 aromatic rings. The smallest absolute Gasteiger partial charge is 0.0472 e. The van der Waals surface area contributed by atoms with Crippen molar-refractivity contribution in [2.24, 2.45) is 5.41 Å². The summed E-state index contributed by atoms with van der Waals surface area (Å²) in [6, 6.07) is 6.12. The quantitative estimate of drug-likeness (QED) is 0.751. The van der Waals surface area contributed by atoms with Crippen LogP contribution in [-0.2, 0) is 11.2 Å². The van der Waals surface area contributed by atoms with Gasteiger partial charge < -0.3 is 9.64 Å². The highest BCUT2D eigenvalue weighted by atomic mass is 79.9. The molecule has 0 aliphatic carbocycles. The molecule has 0 bridgehead atoms. The van der Waals surface area contributed by atoms with Gasteiger partial charge in [-0.2, -0.15) is 0 Å². The summed E-state index contributed by atoms with van der Waals surface area (Å²) in [5.41, 5.74) is 1.56. The molecule has 0 spiro atoms. The third kappa shape index (κ3) is 4.55. The van der Waals surface area contributed by atoms with E-state index in [2.05, 4.69) is 45.0 Å². The summed E-state index contributed by atoms with van der Waals surface area (Å²) in [5, 5.41) is 1.07. The Morgan fingerprint density at radius 1 is 1.37 bits per heavy atom. The van der Waals surface area contributed by atoms with Crippen LogP contribution < -0.4 is 0 Å². The molecule has 0 saturated carbocycles. The predicted octanol–water partition coefficient (Wildman–Crippen LogP) is 2.75. The number of pyridine rings is 1. The zero-order valence-corrected chi connectivity index (χ0v) is 13.2. The van der Waals surface area contributed by atoms with E-state index in [1.807, 2.05) is 12.3 Å². The van der Waals surface area contributed by atoms with Crippen molar-refractivity contribution in [1.82, 2.24) is 9.88 Å². The second-order valence-electron chi connectivity index (χ2n) is 5.55. The van der Waals surface area contributed by atoms with E-state index < -0.39 is 0 Å². The minimum Gasteiger partial charge on any atom is -0.381 e. The lowest BCUT2D eigenvalue weighted by Gasteiger charge is -2.38. The van der Waals surface area contributed by atoms with Gasteiger partial charge in [-0.3, -0.25) is 4.98 Å². The molecule has 1 fully saturated rings. The van der Waals surface area contributed by atoms with Crippen molar-refractivity contribution in [1.29, 1.82) is 0 Å². The van der Waals surface area contributed by atoms with Crippen LogP contribution in [0, 0.1) is 5.41 Å². The Balaban J connectivity index is 1.81. The van der Waals surface area contributed by atoms with Gasteiger partial charge in [-0.05, 0) is 37.4 Å². The maximum Gasteiger partial charge on any atom is 0.0472 e. The second-order valence-corrected chi connectivity index (χ2v) is 6.12. The molecule has 1 aliphatic rings. The topological polar surface area (TPSA) is 25.4 Å². The lowest BCUT2D eigenvalue weighted by molar-refractivity contribution is 0.0121. The molecule has 0 atom stereocenters. The molecule has 0 radical (unpaired) electrons. The standard InChI is InChI=1S/C15H23BrN2O/c1-18(9-5-14-4-2-3-8-17-14)13-15(12-16)6-10-19-11-7-15/h2-4,8H,5-7,9-13H2,1H3. The van der Waals surface area contributed by atoms with E-state index in [0.29, 0.717) is 5.41 Å². The third-order valence-corrected chi connectivity index (χ3v) is 5.11. The van der Waals surface area contributed by atoms with E-state index in [0.717, 1.165) is 50.9 Å². The molecule has 0 N–H and O–H groups in total. The van der Waals surface area contributed by atoms with Crippen molar-refractivity contribution in [2.75, 3.05) is 38.7 Å². The van der Waals surface area contributed by atoms with Gasteiger partial charge in [0.05, 0.1) is 0 Å². The summed E-state index contributed by atoms with van der Waals surface area (Å²) >= 11 is 3.70. The lowest BCUT2D eigenvalue weighted by atomic mass is 9.82. The fraction of sp³-hybridized carbons (Fsp3) is 0.667. The molecular weight excluding hydrogens is 304 g/mol. The van der Waals surface area contributed by atoms with Gasteiger partial charge in [0.1, 0.15) is 0 Å². The van der Waals surface area contributed by atoms with Gasteiger partial charge in [0.2, 0.25) is 0 Å². The van der Waals surface area contributed by atoms with Crippen LogP contribution in [0.5, 0.6) is 0 Å². The zero-order valence-electron chi connectivity index (χ0n) is 11.6. The van der Waals surface area contributed by atoms with Crippen molar-refractivity contribution in [3.05, 3.63) is 30.1 Å². The van der Waals surface area contributed by atoms with E-state index in [9.17, 15) is 0 Å². The van der Waals surface area contributed by atoms with Crippen LogP contribution in [-0.4, -0.2) is 48.6 Å². The first kappa shape index (κ1) is 14.9. The third-order valence-electron chi connectivity index (χ3n) is 3.92. The summed E-state index contributed by atoms with van der Waals surface area (Å²) in [6.07, 6.45) is 5.21. The molecule has 4 heteroatoms. The summed E-state index contributed by atoms with van der Waals surface area (Å²) in [4.78, 5) is 6.81. The molecule has 2 heterocycles. The largest absolute Gasteiger partial charge is 0.381 e. The summed E-state index contributed by atoms with van der Waals surface area (Å²) < 4.78 is 5.49. The number of halogens is 1. The van der Waals surface area contributed by atoms with E-state index in [-0.39, 0.29) is 0 Å². The highest BCUT2D eigenvalue weighted by Crippen LogP contribution is 2.33. The van der Waals surface area contributed by atoms with Gasteiger partial charge in [-0.15, -0.1) is 0 Å². The molecule has 19 heavy (non-hydrogen) atoms. The fourth-order valence-corrected chi connectivity index (χ4v) is 3.38. The van der Waals surface area contributed by atoms with Gasteiger partial charge in [-0.1, -0.05) is 22.0 Å². The van der Waals surface area contributed by atoms with Gasteiger partial charge >= 0.3 is 0 Å². The Morgan fingerprint density at radius 2 is 2.16 bits per heavy atom. The van der Waals surface area contributed by atoms with Crippen molar-refractivity contribution >= 4 is 15.9 Å². The van der Waals surface area contributed by atoms with E-state index in [4.69, 9.17) is 4.74 Å². The number of rotatable bonds is 6. The Labute approximate surface area is 124 Å². The molecular formula is C15H23BrN2O. The van der Waals surface area contributed by atoms with E-state index >= 15 is 0 Å². The molecule has 1 aromatic heterocycles. The zero-order chi connectivity index (χ0) is 13.6. The molecule has 0 amide bonds. The van der Waals surface area contributed by atoms with Crippen molar-refractivity contribution in [3.8, 4) is 0 Å². The first-order valence-electron chi connectivity index (χ1n) is 6.96. The second kappa shape index (κ2) is 7.36. The Kier molecular flexibility index (Phi) is 5.79. The molecule has 3 nitrogen and oxygen atoms in total. The van der Waals surface area contributed by atoms with Crippen LogP contribution in [0.15, 0.2) is 24.4 Å². The van der Waals surface area contributed by atoms with Crippen LogP contribution in [0.25, 0.3) is 0 Å². The Morgan fingerprint density at radius 3 is 2.79 bits per heavy atom. The first-order chi connectivity index (χ1) is 9.24. The van der Waals surface area contributed by atoms with Crippen molar-refractivity contribution in [2.45, 2.75) is 19.3 Å². The average molecular weight is 327 g/mol. The number of alkyl halides is 1. The molecule has 1 saturated heterocycles. The Bertz CT molecular complexity index is 366. The van der Waals surface area contributed by atoms with Gasteiger partial charge in [0.25, 0.3) is 0 Å². The number of likely N-dealkylation sites (N-methyl/N-ethyl adjacent to an activating group) is 1. The molecule has 2 rings (SSSR count). The molecule has 0 aromatic carbocycles. The number of nitrogens with zero attached hydrogens (tertiary/aromatic N) is 2. The molecule has 1 aliphatic heterocycles.